The SMILES string of the molecule is N#CC12CC3CC(CC(Br)(C3)C1)C2. The van der Waals surface area contributed by atoms with Crippen LogP contribution in [-0.2, 0) is 0 Å². The molecule has 2 heteroatoms. The van der Waals surface area contributed by atoms with Gasteiger partial charge in [0.15, 0.2) is 0 Å². The first kappa shape index (κ1) is 8.29. The van der Waals surface area contributed by atoms with Crippen molar-refractivity contribution >= 4 is 15.9 Å². The number of rotatable bonds is 0. The molecule has 4 aliphatic rings. The fraction of sp³-hybridized carbons (Fsp3) is 0.909. The van der Waals surface area contributed by atoms with Crippen LogP contribution < -0.4 is 0 Å². The minimum absolute atomic E-state index is 0.0631. The summed E-state index contributed by atoms with van der Waals surface area (Å²) in [6.45, 7) is 0. The Kier molecular flexibility index (Phi) is 1.47. The Labute approximate surface area is 87.6 Å². The fourth-order valence-corrected chi connectivity index (χ4v) is 5.73. The summed E-state index contributed by atoms with van der Waals surface area (Å²) in [4.78, 5) is 0. The molecule has 4 aliphatic carbocycles. The Morgan fingerprint density at radius 2 is 1.77 bits per heavy atom. The van der Waals surface area contributed by atoms with E-state index in [1.165, 1.54) is 32.1 Å². The monoisotopic (exact) mass is 239 g/mol. The van der Waals surface area contributed by atoms with Crippen molar-refractivity contribution in [3.63, 3.8) is 0 Å². The van der Waals surface area contributed by atoms with E-state index in [9.17, 15) is 5.26 Å². The van der Waals surface area contributed by atoms with Crippen LogP contribution in [0.4, 0.5) is 0 Å². The highest BCUT2D eigenvalue weighted by atomic mass is 79.9. The maximum Gasteiger partial charge on any atom is 0.0690 e. The van der Waals surface area contributed by atoms with E-state index in [2.05, 4.69) is 22.0 Å². The van der Waals surface area contributed by atoms with E-state index in [1.807, 2.05) is 0 Å². The van der Waals surface area contributed by atoms with Gasteiger partial charge in [-0.15, -0.1) is 0 Å². The second-order valence-corrected chi connectivity index (χ2v) is 7.19. The van der Waals surface area contributed by atoms with Crippen molar-refractivity contribution < 1.29 is 0 Å². The van der Waals surface area contributed by atoms with E-state index < -0.39 is 0 Å². The molecule has 2 atom stereocenters. The van der Waals surface area contributed by atoms with Gasteiger partial charge in [-0.05, 0) is 50.4 Å². The van der Waals surface area contributed by atoms with Gasteiger partial charge in [-0.3, -0.25) is 0 Å². The van der Waals surface area contributed by atoms with E-state index in [4.69, 9.17) is 0 Å². The molecule has 13 heavy (non-hydrogen) atoms. The first-order valence-electron chi connectivity index (χ1n) is 5.23. The number of nitriles is 1. The topological polar surface area (TPSA) is 23.8 Å². The summed E-state index contributed by atoms with van der Waals surface area (Å²) in [7, 11) is 0. The van der Waals surface area contributed by atoms with Gasteiger partial charge in [-0.2, -0.15) is 5.26 Å². The Morgan fingerprint density at radius 3 is 2.23 bits per heavy atom. The third-order valence-electron chi connectivity index (χ3n) is 4.23. The maximum atomic E-state index is 9.28. The summed E-state index contributed by atoms with van der Waals surface area (Å²) in [5, 5.41) is 9.28. The van der Waals surface area contributed by atoms with Crippen molar-refractivity contribution in [2.24, 2.45) is 17.3 Å². The molecule has 0 amide bonds. The van der Waals surface area contributed by atoms with Gasteiger partial charge in [-0.25, -0.2) is 0 Å². The van der Waals surface area contributed by atoms with E-state index in [0.717, 1.165) is 18.3 Å². The van der Waals surface area contributed by atoms with E-state index in [0.29, 0.717) is 4.32 Å². The number of nitrogens with zero attached hydrogens (tertiary/aromatic N) is 1. The second kappa shape index (κ2) is 2.31. The molecule has 0 N–H and O–H groups in total. The molecule has 70 valence electrons. The summed E-state index contributed by atoms with van der Waals surface area (Å²) in [5.74, 6) is 1.69. The molecule has 0 spiro atoms. The number of halogens is 1. The van der Waals surface area contributed by atoms with Crippen LogP contribution in [0.1, 0.15) is 38.5 Å². The zero-order chi connectivity index (χ0) is 9.10. The molecule has 1 nitrogen and oxygen atoms in total. The van der Waals surface area contributed by atoms with Crippen LogP contribution in [-0.4, -0.2) is 4.32 Å². The van der Waals surface area contributed by atoms with Gasteiger partial charge in [0.05, 0.1) is 11.5 Å². The Bertz CT molecular complexity index is 277. The lowest BCUT2D eigenvalue weighted by atomic mass is 9.50. The van der Waals surface area contributed by atoms with Crippen LogP contribution in [0.5, 0.6) is 0 Å². The van der Waals surface area contributed by atoms with E-state index in [-0.39, 0.29) is 5.41 Å². The van der Waals surface area contributed by atoms with Gasteiger partial charge in [-0.1, -0.05) is 15.9 Å². The summed E-state index contributed by atoms with van der Waals surface area (Å²) < 4.78 is 0.354. The molecule has 4 fully saturated rings. The molecule has 4 saturated carbocycles. The Hall–Kier alpha value is -0.0300. The third-order valence-corrected chi connectivity index (χ3v) is 5.15. The molecule has 2 unspecified atom stereocenters. The quantitative estimate of drug-likeness (QED) is 0.596. The van der Waals surface area contributed by atoms with Gasteiger partial charge < -0.3 is 0 Å². The maximum absolute atomic E-state index is 9.28. The highest BCUT2D eigenvalue weighted by Gasteiger charge is 2.57. The number of hydrogen-bond acceptors (Lipinski definition) is 1. The number of alkyl halides is 1. The van der Waals surface area contributed by atoms with Crippen LogP contribution in [0, 0.1) is 28.6 Å². The normalized spacial score (nSPS) is 57.8. The molecule has 0 aromatic rings. The van der Waals surface area contributed by atoms with Crippen LogP contribution in [0.15, 0.2) is 0 Å². The first-order valence-corrected chi connectivity index (χ1v) is 6.03. The van der Waals surface area contributed by atoms with Crippen LogP contribution in [0.25, 0.3) is 0 Å². The molecule has 0 heterocycles. The third kappa shape index (κ3) is 1.09. The minimum atomic E-state index is 0.0631. The second-order valence-electron chi connectivity index (χ2n) is 5.50. The molecular formula is C11H14BrN. The summed E-state index contributed by atoms with van der Waals surface area (Å²) in [6.07, 6.45) is 7.54. The summed E-state index contributed by atoms with van der Waals surface area (Å²) >= 11 is 3.88. The molecular weight excluding hydrogens is 226 g/mol. The van der Waals surface area contributed by atoms with Crippen molar-refractivity contribution in [3.8, 4) is 6.07 Å². The first-order chi connectivity index (χ1) is 6.13. The number of hydrogen-bond donors (Lipinski definition) is 0. The lowest BCUT2D eigenvalue weighted by molar-refractivity contribution is 0.000402. The summed E-state index contributed by atoms with van der Waals surface area (Å²) in [6, 6.07) is 2.60. The van der Waals surface area contributed by atoms with Crippen LogP contribution in [0.2, 0.25) is 0 Å². The average Bonchev–Trinajstić information content (AvgIpc) is 1.99. The highest BCUT2D eigenvalue weighted by Crippen LogP contribution is 2.64. The molecule has 0 radical (unpaired) electrons. The van der Waals surface area contributed by atoms with Crippen molar-refractivity contribution in [2.45, 2.75) is 42.8 Å². The Morgan fingerprint density at radius 1 is 1.15 bits per heavy atom. The zero-order valence-corrected chi connectivity index (χ0v) is 9.31. The standard InChI is InChI=1S/C11H14BrN/c12-11-4-8-1-9(5-11)3-10(2-8,6-11)7-13/h8-9H,1-6H2. The van der Waals surface area contributed by atoms with Gasteiger partial charge in [0.2, 0.25) is 0 Å². The van der Waals surface area contributed by atoms with E-state index in [1.54, 1.807) is 0 Å². The van der Waals surface area contributed by atoms with Gasteiger partial charge in [0, 0.05) is 4.32 Å². The van der Waals surface area contributed by atoms with Crippen molar-refractivity contribution in [3.05, 3.63) is 0 Å². The van der Waals surface area contributed by atoms with Crippen molar-refractivity contribution in [2.75, 3.05) is 0 Å². The highest BCUT2D eigenvalue weighted by molar-refractivity contribution is 9.10. The lowest BCUT2D eigenvalue weighted by Gasteiger charge is -2.57. The van der Waals surface area contributed by atoms with E-state index >= 15 is 0 Å². The van der Waals surface area contributed by atoms with Crippen molar-refractivity contribution in [1.29, 1.82) is 5.26 Å². The molecule has 4 rings (SSSR count). The molecule has 4 bridgehead atoms. The minimum Gasteiger partial charge on any atom is -0.198 e. The fourth-order valence-electron chi connectivity index (χ4n) is 4.28. The lowest BCUT2D eigenvalue weighted by Crippen LogP contribution is -2.52. The zero-order valence-electron chi connectivity index (χ0n) is 7.72. The molecule has 0 aromatic heterocycles. The largest absolute Gasteiger partial charge is 0.198 e. The molecule has 0 aromatic carbocycles. The predicted octanol–water partition coefficient (Wildman–Crippen LogP) is 3.24. The van der Waals surface area contributed by atoms with Gasteiger partial charge >= 0.3 is 0 Å². The van der Waals surface area contributed by atoms with Gasteiger partial charge in [0.1, 0.15) is 0 Å². The van der Waals surface area contributed by atoms with Crippen LogP contribution in [0.3, 0.4) is 0 Å². The average molecular weight is 240 g/mol. The molecule has 0 aliphatic heterocycles. The van der Waals surface area contributed by atoms with Crippen LogP contribution >= 0.6 is 15.9 Å². The molecule has 0 saturated heterocycles. The predicted molar refractivity (Wildman–Crippen MR) is 54.4 cm³/mol. The summed E-state index contributed by atoms with van der Waals surface area (Å²) in [5.41, 5.74) is 0.0631. The van der Waals surface area contributed by atoms with Crippen molar-refractivity contribution in [1.82, 2.24) is 0 Å². The smallest absolute Gasteiger partial charge is 0.0690 e. The van der Waals surface area contributed by atoms with Gasteiger partial charge in [0.25, 0.3) is 0 Å². The Balaban J connectivity index is 2.01.